The Balaban J connectivity index is 2.83. The summed E-state index contributed by atoms with van der Waals surface area (Å²) in [7, 11) is 1.57. The number of carbonyl (C=O) groups is 1. The molecular formula is C11H11Cl2N3O2. The summed E-state index contributed by atoms with van der Waals surface area (Å²) in [4.78, 5) is 24.8. The molecule has 7 heteroatoms. The van der Waals surface area contributed by atoms with Crippen LogP contribution in [0.25, 0.3) is 0 Å². The summed E-state index contributed by atoms with van der Waals surface area (Å²) in [6.45, 7) is 0.166. The van der Waals surface area contributed by atoms with Crippen LogP contribution in [0.1, 0.15) is 6.42 Å². The molecule has 0 spiro atoms. The Hall–Kier alpha value is -1.51. The molecule has 18 heavy (non-hydrogen) atoms. The molecule has 0 bridgehead atoms. The van der Waals surface area contributed by atoms with Gasteiger partial charge in [0.1, 0.15) is 11.6 Å². The molecule has 0 atom stereocenters. The van der Waals surface area contributed by atoms with Gasteiger partial charge >= 0.3 is 0 Å². The lowest BCUT2D eigenvalue weighted by Gasteiger charge is -2.16. The molecule has 1 aromatic heterocycles. The van der Waals surface area contributed by atoms with Gasteiger partial charge in [0.15, 0.2) is 0 Å². The smallest absolute Gasteiger partial charge is 0.269 e. The first-order valence-electron chi connectivity index (χ1n) is 5.12. The van der Waals surface area contributed by atoms with Gasteiger partial charge in [-0.15, -0.1) is 0 Å². The topological polar surface area (TPSA) is 66.1 Å². The molecule has 1 amide bonds. The Morgan fingerprint density at radius 2 is 2.22 bits per heavy atom. The van der Waals surface area contributed by atoms with Crippen LogP contribution in [-0.2, 0) is 11.3 Å². The number of halogens is 2. The summed E-state index contributed by atoms with van der Waals surface area (Å²) >= 11 is 11.4. The van der Waals surface area contributed by atoms with Crippen LogP contribution in [0.15, 0.2) is 17.1 Å². The normalized spacial score (nSPS) is 9.89. The Morgan fingerprint density at radius 1 is 1.56 bits per heavy atom. The summed E-state index contributed by atoms with van der Waals surface area (Å²) < 4.78 is 1.15. The minimum absolute atomic E-state index is 0.0324. The van der Waals surface area contributed by atoms with E-state index in [0.717, 1.165) is 4.57 Å². The fourth-order valence-corrected chi connectivity index (χ4v) is 1.80. The molecule has 0 fully saturated rings. The van der Waals surface area contributed by atoms with E-state index in [1.165, 1.54) is 17.2 Å². The maximum atomic E-state index is 11.8. The first kappa shape index (κ1) is 14.6. The zero-order chi connectivity index (χ0) is 13.7. The average molecular weight is 288 g/mol. The Bertz CT molecular complexity index is 548. The molecule has 0 saturated carbocycles. The number of aromatic nitrogens is 1. The van der Waals surface area contributed by atoms with Gasteiger partial charge in [-0.1, -0.05) is 23.2 Å². The van der Waals surface area contributed by atoms with E-state index in [1.807, 2.05) is 6.07 Å². The van der Waals surface area contributed by atoms with Gasteiger partial charge in [0, 0.05) is 19.8 Å². The maximum Gasteiger partial charge on any atom is 0.269 e. The Kier molecular flexibility index (Phi) is 5.20. The van der Waals surface area contributed by atoms with Crippen LogP contribution >= 0.6 is 23.2 Å². The van der Waals surface area contributed by atoms with Gasteiger partial charge < -0.3 is 9.47 Å². The van der Waals surface area contributed by atoms with Gasteiger partial charge in [-0.2, -0.15) is 5.26 Å². The molecule has 1 rings (SSSR count). The van der Waals surface area contributed by atoms with Crippen molar-refractivity contribution in [1.82, 2.24) is 9.47 Å². The quantitative estimate of drug-likeness (QED) is 0.843. The van der Waals surface area contributed by atoms with Gasteiger partial charge in [0.05, 0.1) is 17.5 Å². The minimum Gasteiger partial charge on any atom is -0.343 e. The summed E-state index contributed by atoms with van der Waals surface area (Å²) in [5, 5.41) is 8.68. The molecule has 0 N–H and O–H groups in total. The molecule has 0 aliphatic heterocycles. The van der Waals surface area contributed by atoms with Gasteiger partial charge in [-0.25, -0.2) is 0 Å². The standard InChI is InChI=1S/C11H11Cl2N3O2/c1-15(4-2-3-14)10(17)7-16-6-8(12)5-9(13)11(16)18/h5-6H,2,4,7H2,1H3. The molecule has 5 nitrogen and oxygen atoms in total. The zero-order valence-electron chi connectivity index (χ0n) is 9.69. The monoisotopic (exact) mass is 287 g/mol. The zero-order valence-corrected chi connectivity index (χ0v) is 11.2. The summed E-state index contributed by atoms with van der Waals surface area (Å²) in [5.74, 6) is -0.286. The largest absolute Gasteiger partial charge is 0.343 e. The van der Waals surface area contributed by atoms with E-state index in [2.05, 4.69) is 0 Å². The molecule has 0 aromatic carbocycles. The van der Waals surface area contributed by atoms with E-state index in [9.17, 15) is 9.59 Å². The highest BCUT2D eigenvalue weighted by molar-refractivity contribution is 6.34. The third kappa shape index (κ3) is 3.76. The molecular weight excluding hydrogens is 277 g/mol. The van der Waals surface area contributed by atoms with Gasteiger partial charge in [0.2, 0.25) is 5.91 Å². The number of likely N-dealkylation sites (N-methyl/N-ethyl adjacent to an activating group) is 1. The van der Waals surface area contributed by atoms with Crippen molar-refractivity contribution < 1.29 is 4.79 Å². The van der Waals surface area contributed by atoms with Crippen LogP contribution in [0.5, 0.6) is 0 Å². The molecule has 0 aliphatic rings. The van der Waals surface area contributed by atoms with E-state index >= 15 is 0 Å². The highest BCUT2D eigenvalue weighted by Gasteiger charge is 2.11. The van der Waals surface area contributed by atoms with E-state index in [0.29, 0.717) is 6.54 Å². The molecule has 0 saturated heterocycles. The maximum absolute atomic E-state index is 11.8. The van der Waals surface area contributed by atoms with E-state index in [1.54, 1.807) is 7.05 Å². The molecule has 1 heterocycles. The van der Waals surface area contributed by atoms with Crippen molar-refractivity contribution in [2.45, 2.75) is 13.0 Å². The van der Waals surface area contributed by atoms with Crippen molar-refractivity contribution in [1.29, 1.82) is 5.26 Å². The molecule has 1 aromatic rings. The number of pyridine rings is 1. The van der Waals surface area contributed by atoms with Crippen molar-refractivity contribution in [3.05, 3.63) is 32.7 Å². The second kappa shape index (κ2) is 6.43. The third-order valence-electron chi connectivity index (χ3n) is 2.30. The molecule has 0 radical (unpaired) electrons. The second-order valence-electron chi connectivity index (χ2n) is 3.66. The number of rotatable bonds is 4. The number of amides is 1. The minimum atomic E-state index is -0.469. The number of hydrogen-bond donors (Lipinski definition) is 0. The first-order valence-corrected chi connectivity index (χ1v) is 5.87. The summed E-state index contributed by atoms with van der Waals surface area (Å²) in [6.07, 6.45) is 1.60. The van der Waals surface area contributed by atoms with Crippen molar-refractivity contribution in [2.75, 3.05) is 13.6 Å². The summed E-state index contributed by atoms with van der Waals surface area (Å²) in [6, 6.07) is 3.27. The van der Waals surface area contributed by atoms with Crippen LogP contribution in [0.3, 0.4) is 0 Å². The Labute approximate surface area is 114 Å². The van der Waals surface area contributed by atoms with E-state index in [-0.39, 0.29) is 28.9 Å². The van der Waals surface area contributed by atoms with Gasteiger partial charge in [-0.3, -0.25) is 9.59 Å². The summed E-state index contributed by atoms with van der Waals surface area (Å²) in [5.41, 5.74) is -0.469. The van der Waals surface area contributed by atoms with E-state index < -0.39 is 5.56 Å². The molecule has 96 valence electrons. The number of hydrogen-bond acceptors (Lipinski definition) is 3. The lowest BCUT2D eigenvalue weighted by molar-refractivity contribution is -0.130. The van der Waals surface area contributed by atoms with Crippen LogP contribution < -0.4 is 5.56 Å². The highest BCUT2D eigenvalue weighted by atomic mass is 35.5. The van der Waals surface area contributed by atoms with Crippen LogP contribution in [0, 0.1) is 11.3 Å². The average Bonchev–Trinajstić information content (AvgIpc) is 2.32. The second-order valence-corrected chi connectivity index (χ2v) is 4.51. The number of nitrogens with zero attached hydrogens (tertiary/aromatic N) is 3. The van der Waals surface area contributed by atoms with Gasteiger partial charge in [0.25, 0.3) is 5.56 Å². The Morgan fingerprint density at radius 3 is 2.83 bits per heavy atom. The van der Waals surface area contributed by atoms with Crippen LogP contribution in [0.4, 0.5) is 0 Å². The van der Waals surface area contributed by atoms with Crippen LogP contribution in [0.2, 0.25) is 10.0 Å². The SMILES string of the molecule is CN(CCC#N)C(=O)Cn1cc(Cl)cc(Cl)c1=O. The fraction of sp³-hybridized carbons (Fsp3) is 0.364. The number of nitriles is 1. The lowest BCUT2D eigenvalue weighted by Crippen LogP contribution is -2.34. The molecule has 0 unspecified atom stereocenters. The highest BCUT2D eigenvalue weighted by Crippen LogP contribution is 2.11. The molecule has 0 aliphatic carbocycles. The fourth-order valence-electron chi connectivity index (χ4n) is 1.29. The number of carbonyl (C=O) groups excluding carboxylic acids is 1. The van der Waals surface area contributed by atoms with Crippen molar-refractivity contribution in [3.8, 4) is 6.07 Å². The first-order chi connectivity index (χ1) is 8.45. The predicted octanol–water partition coefficient (Wildman–Crippen LogP) is 1.53. The van der Waals surface area contributed by atoms with Crippen molar-refractivity contribution >= 4 is 29.1 Å². The third-order valence-corrected chi connectivity index (χ3v) is 2.78. The van der Waals surface area contributed by atoms with E-state index in [4.69, 9.17) is 28.5 Å². The van der Waals surface area contributed by atoms with Crippen molar-refractivity contribution in [3.63, 3.8) is 0 Å². The lowest BCUT2D eigenvalue weighted by atomic mass is 10.4. The van der Waals surface area contributed by atoms with Gasteiger partial charge in [-0.05, 0) is 6.07 Å². The predicted molar refractivity (Wildman–Crippen MR) is 68.6 cm³/mol. The van der Waals surface area contributed by atoms with Crippen LogP contribution in [-0.4, -0.2) is 29.0 Å². The van der Waals surface area contributed by atoms with Crippen molar-refractivity contribution in [2.24, 2.45) is 0 Å².